The van der Waals surface area contributed by atoms with Crippen LogP contribution in [0.3, 0.4) is 0 Å². The highest BCUT2D eigenvalue weighted by atomic mass is 19.3. The quantitative estimate of drug-likeness (QED) is 0.372. The van der Waals surface area contributed by atoms with Crippen LogP contribution in [0.25, 0.3) is 11.1 Å². The zero-order chi connectivity index (χ0) is 24.1. The van der Waals surface area contributed by atoms with Crippen molar-refractivity contribution in [1.29, 1.82) is 0 Å². The fraction of sp³-hybridized carbons (Fsp3) is 0.600. The Hall–Kier alpha value is -1.97. The highest BCUT2D eigenvalue weighted by Crippen LogP contribution is 2.46. The monoisotopic (exact) mass is 472 g/mol. The van der Waals surface area contributed by atoms with Gasteiger partial charge in [0.2, 0.25) is 0 Å². The number of rotatable bonds is 8. The van der Waals surface area contributed by atoms with E-state index in [-0.39, 0.29) is 12.2 Å². The van der Waals surface area contributed by atoms with E-state index in [4.69, 9.17) is 4.74 Å². The number of hydrogen-bond donors (Lipinski definition) is 0. The second-order valence-corrected chi connectivity index (χ2v) is 10.7. The molecule has 2 fully saturated rings. The molecular weight excluding hydrogens is 433 g/mol. The van der Waals surface area contributed by atoms with Crippen LogP contribution in [-0.2, 0) is 6.42 Å². The SMILES string of the molecule is CCCC1CCC(C2CCC(C(F)(F)Cc3ccc(-c4ccc(OC)c(F)c4)cc3)CC2)CC1. The maximum atomic E-state index is 15.2. The maximum absolute atomic E-state index is 15.2. The summed E-state index contributed by atoms with van der Waals surface area (Å²) in [5, 5.41) is 0. The summed E-state index contributed by atoms with van der Waals surface area (Å²) < 4.78 is 49.4. The molecule has 0 amide bonds. The highest BCUT2D eigenvalue weighted by Gasteiger charge is 2.42. The summed E-state index contributed by atoms with van der Waals surface area (Å²) in [7, 11) is 1.43. The minimum atomic E-state index is -2.68. The summed E-state index contributed by atoms with van der Waals surface area (Å²) in [6, 6.07) is 11.9. The lowest BCUT2D eigenvalue weighted by Crippen LogP contribution is -2.35. The molecule has 2 saturated carbocycles. The minimum absolute atomic E-state index is 0.193. The lowest BCUT2D eigenvalue weighted by Gasteiger charge is -2.39. The smallest absolute Gasteiger partial charge is 0.254 e. The summed E-state index contributed by atoms with van der Waals surface area (Å²) in [4.78, 5) is 0. The van der Waals surface area contributed by atoms with Crippen molar-refractivity contribution in [3.63, 3.8) is 0 Å². The van der Waals surface area contributed by atoms with Crippen molar-refractivity contribution >= 4 is 0 Å². The predicted molar refractivity (Wildman–Crippen MR) is 133 cm³/mol. The normalized spacial score (nSPS) is 25.8. The average Bonchev–Trinajstić information content (AvgIpc) is 2.85. The number of halogens is 3. The Morgan fingerprint density at radius 1 is 0.824 bits per heavy atom. The van der Waals surface area contributed by atoms with Gasteiger partial charge in [-0.15, -0.1) is 0 Å². The molecule has 2 aliphatic carbocycles. The van der Waals surface area contributed by atoms with E-state index >= 15 is 8.78 Å². The van der Waals surface area contributed by atoms with E-state index in [0.29, 0.717) is 29.9 Å². The fourth-order valence-electron chi connectivity index (χ4n) is 6.45. The van der Waals surface area contributed by atoms with Crippen molar-refractivity contribution in [2.45, 2.75) is 83.5 Å². The second kappa shape index (κ2) is 11.2. The van der Waals surface area contributed by atoms with Crippen LogP contribution in [0.5, 0.6) is 5.75 Å². The fourth-order valence-corrected chi connectivity index (χ4v) is 6.45. The van der Waals surface area contributed by atoms with Crippen LogP contribution in [-0.4, -0.2) is 13.0 Å². The number of hydrogen-bond acceptors (Lipinski definition) is 1. The first kappa shape index (κ1) is 25.1. The van der Waals surface area contributed by atoms with Gasteiger partial charge in [0.25, 0.3) is 5.92 Å². The Morgan fingerprint density at radius 2 is 1.41 bits per heavy atom. The molecule has 34 heavy (non-hydrogen) atoms. The van der Waals surface area contributed by atoms with E-state index in [9.17, 15) is 4.39 Å². The van der Waals surface area contributed by atoms with Gasteiger partial charge in [-0.1, -0.05) is 62.9 Å². The Kier molecular flexibility index (Phi) is 8.26. The van der Waals surface area contributed by atoms with Crippen LogP contribution in [0.2, 0.25) is 0 Å². The molecule has 4 heteroatoms. The molecule has 2 aromatic carbocycles. The van der Waals surface area contributed by atoms with E-state index in [0.717, 1.165) is 30.2 Å². The second-order valence-electron chi connectivity index (χ2n) is 10.7. The Labute approximate surface area is 203 Å². The van der Waals surface area contributed by atoms with Gasteiger partial charge in [0, 0.05) is 12.3 Å². The summed E-state index contributed by atoms with van der Waals surface area (Å²) in [6.07, 6.45) is 10.9. The molecule has 0 atom stereocenters. The third kappa shape index (κ3) is 5.98. The summed E-state index contributed by atoms with van der Waals surface area (Å²) in [5.74, 6) is -1.12. The van der Waals surface area contributed by atoms with E-state index in [2.05, 4.69) is 6.92 Å². The molecule has 2 aliphatic rings. The molecule has 0 radical (unpaired) electrons. The lowest BCUT2D eigenvalue weighted by atomic mass is 9.67. The van der Waals surface area contributed by atoms with Gasteiger partial charge >= 0.3 is 0 Å². The van der Waals surface area contributed by atoms with Gasteiger partial charge in [0.1, 0.15) is 0 Å². The van der Waals surface area contributed by atoms with Gasteiger partial charge in [-0.05, 0) is 85.1 Å². The minimum Gasteiger partial charge on any atom is -0.494 e. The first-order valence-corrected chi connectivity index (χ1v) is 13.2. The Balaban J connectivity index is 1.30. The summed E-state index contributed by atoms with van der Waals surface area (Å²) in [5.41, 5.74) is 2.15. The molecule has 0 aromatic heterocycles. The van der Waals surface area contributed by atoms with Crippen LogP contribution < -0.4 is 4.74 Å². The first-order chi connectivity index (χ1) is 16.4. The van der Waals surface area contributed by atoms with Crippen LogP contribution in [0, 0.1) is 29.5 Å². The molecule has 0 unspecified atom stereocenters. The van der Waals surface area contributed by atoms with Crippen LogP contribution in [0.15, 0.2) is 42.5 Å². The van der Waals surface area contributed by atoms with Crippen molar-refractivity contribution in [2.75, 3.05) is 7.11 Å². The van der Waals surface area contributed by atoms with E-state index < -0.39 is 17.7 Å². The molecule has 0 N–H and O–H groups in total. The highest BCUT2D eigenvalue weighted by molar-refractivity contribution is 5.64. The van der Waals surface area contributed by atoms with Crippen molar-refractivity contribution in [3.8, 4) is 16.9 Å². The number of ether oxygens (including phenoxy) is 1. The third-order valence-electron chi connectivity index (χ3n) is 8.50. The van der Waals surface area contributed by atoms with E-state index in [1.54, 1.807) is 36.4 Å². The Bertz CT molecular complexity index is 907. The van der Waals surface area contributed by atoms with Crippen LogP contribution >= 0.6 is 0 Å². The largest absolute Gasteiger partial charge is 0.494 e. The van der Waals surface area contributed by atoms with Crippen molar-refractivity contribution in [1.82, 2.24) is 0 Å². The first-order valence-electron chi connectivity index (χ1n) is 13.2. The standard InChI is InChI=1S/C30H39F3O/c1-3-4-21-5-9-23(10-6-21)24-13-16-27(17-14-24)30(32,33)20-22-7-11-25(12-8-22)26-15-18-29(34-2)28(31)19-26/h7-8,11-12,15,18-19,21,23-24,27H,3-6,9-10,13-14,16-17,20H2,1-2H3. The zero-order valence-corrected chi connectivity index (χ0v) is 20.7. The molecule has 0 bridgehead atoms. The third-order valence-corrected chi connectivity index (χ3v) is 8.50. The molecule has 0 spiro atoms. The number of methoxy groups -OCH3 is 1. The maximum Gasteiger partial charge on any atom is 0.254 e. The summed E-state index contributed by atoms with van der Waals surface area (Å²) >= 11 is 0. The van der Waals surface area contributed by atoms with Gasteiger partial charge in [0.05, 0.1) is 7.11 Å². The number of benzene rings is 2. The van der Waals surface area contributed by atoms with Crippen LogP contribution in [0.1, 0.15) is 76.7 Å². The molecule has 1 nitrogen and oxygen atoms in total. The van der Waals surface area contributed by atoms with Crippen molar-refractivity contribution in [2.24, 2.45) is 23.7 Å². The van der Waals surface area contributed by atoms with E-state index in [1.807, 2.05) is 0 Å². The van der Waals surface area contributed by atoms with Crippen LogP contribution in [0.4, 0.5) is 13.2 Å². The topological polar surface area (TPSA) is 9.23 Å². The average molecular weight is 473 g/mol. The molecule has 186 valence electrons. The predicted octanol–water partition coefficient (Wildman–Crippen LogP) is 9.09. The molecule has 0 aliphatic heterocycles. The molecular formula is C30H39F3O. The molecule has 0 saturated heterocycles. The molecule has 2 aromatic rings. The van der Waals surface area contributed by atoms with Gasteiger partial charge in [0.15, 0.2) is 11.6 Å². The Morgan fingerprint density at radius 3 is 1.97 bits per heavy atom. The molecule has 4 rings (SSSR count). The van der Waals surface area contributed by atoms with Gasteiger partial charge < -0.3 is 4.74 Å². The molecule has 0 heterocycles. The van der Waals surface area contributed by atoms with Gasteiger partial charge in [-0.2, -0.15) is 0 Å². The zero-order valence-electron chi connectivity index (χ0n) is 20.7. The van der Waals surface area contributed by atoms with Crippen molar-refractivity contribution < 1.29 is 17.9 Å². The lowest BCUT2D eigenvalue weighted by molar-refractivity contribution is -0.0777. The summed E-state index contributed by atoms with van der Waals surface area (Å²) in [6.45, 7) is 2.27. The number of alkyl halides is 2. The van der Waals surface area contributed by atoms with E-state index in [1.165, 1.54) is 51.7 Å². The van der Waals surface area contributed by atoms with Gasteiger partial charge in [-0.25, -0.2) is 13.2 Å². The van der Waals surface area contributed by atoms with Crippen molar-refractivity contribution in [3.05, 3.63) is 53.8 Å². The van der Waals surface area contributed by atoms with Gasteiger partial charge in [-0.3, -0.25) is 0 Å².